The van der Waals surface area contributed by atoms with Gasteiger partial charge >= 0.3 is 169 Å². The van der Waals surface area contributed by atoms with Gasteiger partial charge in [0.25, 0.3) is 0 Å². The van der Waals surface area contributed by atoms with Gasteiger partial charge in [-0.15, -0.1) is 0 Å². The molecule has 0 amide bonds. The zero-order chi connectivity index (χ0) is 17.9. The van der Waals surface area contributed by atoms with Crippen molar-refractivity contribution in [3.05, 3.63) is 88.4 Å². The van der Waals surface area contributed by atoms with Crippen molar-refractivity contribution in [2.24, 2.45) is 0 Å². The normalized spacial score (nSPS) is 18.7. The summed E-state index contributed by atoms with van der Waals surface area (Å²) in [5.41, 5.74) is 2.55. The van der Waals surface area contributed by atoms with Crippen molar-refractivity contribution < 1.29 is 9.47 Å². The van der Waals surface area contributed by atoms with E-state index < -0.39 is 0 Å². The number of hydrogen-bond donors (Lipinski definition) is 0. The molecule has 0 radical (unpaired) electrons. The molecular weight excluding hydrogens is 455 g/mol. The fourth-order valence-corrected chi connectivity index (χ4v) is 6.06. The van der Waals surface area contributed by atoms with Gasteiger partial charge in [-0.25, -0.2) is 0 Å². The first-order valence-corrected chi connectivity index (χ1v) is 11.2. The number of ether oxygens (including phenoxy) is 2. The first-order valence-electron chi connectivity index (χ1n) is 8.53. The topological polar surface area (TPSA) is 18.5 Å². The van der Waals surface area contributed by atoms with Crippen molar-refractivity contribution in [1.82, 2.24) is 0 Å². The fraction of sp³-hybridized carbons (Fsp3) is 0.182. The number of para-hydroxylation sites is 1. The van der Waals surface area contributed by atoms with Gasteiger partial charge in [0.05, 0.1) is 0 Å². The Labute approximate surface area is 168 Å². The first-order chi connectivity index (χ1) is 12.7. The van der Waals surface area contributed by atoms with Crippen LogP contribution in [-0.2, 0) is 6.42 Å². The van der Waals surface area contributed by atoms with Crippen LogP contribution in [0.15, 0.2) is 77.3 Å². The van der Waals surface area contributed by atoms with Crippen LogP contribution in [0.1, 0.15) is 17.2 Å². The van der Waals surface area contributed by atoms with Gasteiger partial charge in [-0.05, 0) is 0 Å². The molecule has 26 heavy (non-hydrogen) atoms. The summed E-state index contributed by atoms with van der Waals surface area (Å²) in [4.78, 5) is 0.451. The van der Waals surface area contributed by atoms with Crippen molar-refractivity contribution in [2.45, 2.75) is 17.3 Å². The van der Waals surface area contributed by atoms with Crippen LogP contribution in [-0.4, -0.2) is 22.1 Å². The summed E-state index contributed by atoms with van der Waals surface area (Å²) in [6, 6.07) is 25.4. The van der Waals surface area contributed by atoms with Crippen molar-refractivity contribution in [2.75, 3.05) is 7.11 Å². The van der Waals surface area contributed by atoms with Crippen molar-refractivity contribution >= 4 is 35.3 Å². The molecule has 2 atom stereocenters. The van der Waals surface area contributed by atoms with E-state index in [1.165, 1.54) is 15.6 Å². The van der Waals surface area contributed by atoms with Crippen LogP contribution in [0.25, 0.3) is 0 Å². The Bertz CT molecular complexity index is 877. The third-order valence-electron chi connectivity index (χ3n) is 4.53. The molecule has 0 fully saturated rings. The van der Waals surface area contributed by atoms with Crippen LogP contribution in [0.4, 0.5) is 0 Å². The number of benzene rings is 3. The van der Waals surface area contributed by atoms with E-state index in [1.54, 1.807) is 7.11 Å². The van der Waals surface area contributed by atoms with Crippen molar-refractivity contribution in [3.63, 3.8) is 0 Å². The molecule has 0 saturated heterocycles. The Balaban J connectivity index is 1.65. The number of methoxy groups -OCH3 is 1. The van der Waals surface area contributed by atoms with Gasteiger partial charge in [0, 0.05) is 0 Å². The van der Waals surface area contributed by atoms with Gasteiger partial charge in [-0.1, -0.05) is 0 Å². The zero-order valence-corrected chi connectivity index (χ0v) is 17.7. The van der Waals surface area contributed by atoms with Gasteiger partial charge in [-0.2, -0.15) is 0 Å². The summed E-state index contributed by atoms with van der Waals surface area (Å²) >= 11 is 3.83. The van der Waals surface area contributed by atoms with E-state index in [9.17, 15) is 0 Å². The predicted molar refractivity (Wildman–Crippen MR) is 110 cm³/mol. The maximum atomic E-state index is 6.46. The monoisotopic (exact) mass is 474 g/mol. The first kappa shape index (κ1) is 17.7. The molecule has 0 unspecified atom stereocenters. The summed E-state index contributed by atoms with van der Waals surface area (Å²) in [6.07, 6.45) is 1.13. The molecule has 132 valence electrons. The number of hydrogen-bond acceptors (Lipinski definition) is 2. The molecule has 0 N–H and O–H groups in total. The second kappa shape index (κ2) is 7.87. The average molecular weight is 474 g/mol. The van der Waals surface area contributed by atoms with E-state index >= 15 is 0 Å². The van der Waals surface area contributed by atoms with Crippen LogP contribution in [0.3, 0.4) is 0 Å². The summed E-state index contributed by atoms with van der Waals surface area (Å²) in [5, 5.41) is 0. The van der Waals surface area contributed by atoms with E-state index in [0.29, 0.717) is 19.8 Å². The molecule has 0 aliphatic carbocycles. The van der Waals surface area contributed by atoms with E-state index in [2.05, 4.69) is 70.5 Å². The summed E-state index contributed by atoms with van der Waals surface area (Å²) in [7, 11) is 1.70. The maximum absolute atomic E-state index is 6.46. The van der Waals surface area contributed by atoms with Crippen LogP contribution in [0.2, 0.25) is 4.82 Å². The Hall–Kier alpha value is -1.74. The molecule has 1 aliphatic rings. The van der Waals surface area contributed by atoms with Crippen LogP contribution in [0, 0.1) is 0 Å². The average Bonchev–Trinajstić information content (AvgIpc) is 2.69. The summed E-state index contributed by atoms with van der Waals surface area (Å²) < 4.78 is 14.2. The third-order valence-corrected chi connectivity index (χ3v) is 7.70. The molecule has 1 heterocycles. The quantitative estimate of drug-likeness (QED) is 0.499. The molecule has 4 heteroatoms. The Morgan fingerprint density at radius 1 is 0.962 bits per heavy atom. The molecule has 1 aliphatic heterocycles. The van der Waals surface area contributed by atoms with Crippen LogP contribution in [0.5, 0.6) is 11.5 Å². The second-order valence-corrected chi connectivity index (χ2v) is 9.90. The van der Waals surface area contributed by atoms with Gasteiger partial charge in [0.15, 0.2) is 0 Å². The molecule has 0 aromatic heterocycles. The van der Waals surface area contributed by atoms with Crippen LogP contribution < -0.4 is 13.9 Å². The molecule has 0 spiro atoms. The summed E-state index contributed by atoms with van der Waals surface area (Å²) in [5.74, 6) is 1.92. The molecule has 4 rings (SSSR count). The Morgan fingerprint density at radius 3 is 2.42 bits per heavy atom. The second-order valence-electron chi connectivity index (χ2n) is 6.23. The number of halogens is 1. The number of rotatable bonds is 4. The standard InChI is InChI=1S/C22H19BrO2Se/c1-24-18-10-12-19(13-11-18)26-21-14-16-4-2-3-5-20(16)25-22(21)15-6-8-17(23)9-7-15/h2-13,21-22H,14H2,1H3/t21-,22+/m0/s1. The van der Waals surface area contributed by atoms with E-state index in [4.69, 9.17) is 9.47 Å². The Kier molecular flexibility index (Phi) is 5.35. The molecule has 3 aromatic rings. The van der Waals surface area contributed by atoms with Gasteiger partial charge in [0.1, 0.15) is 0 Å². The van der Waals surface area contributed by atoms with Crippen molar-refractivity contribution in [1.29, 1.82) is 0 Å². The van der Waals surface area contributed by atoms with Gasteiger partial charge in [0.2, 0.25) is 0 Å². The van der Waals surface area contributed by atoms with E-state index in [0.717, 1.165) is 22.4 Å². The predicted octanol–water partition coefficient (Wildman–Crippen LogP) is 4.95. The minimum atomic E-state index is 0.0834. The van der Waals surface area contributed by atoms with E-state index in [1.807, 2.05) is 18.2 Å². The molecule has 3 aromatic carbocycles. The molecule has 2 nitrogen and oxygen atoms in total. The summed E-state index contributed by atoms with van der Waals surface area (Å²) in [6.45, 7) is 0. The SMILES string of the molecule is COc1ccc([Se][C@H]2Cc3ccccc3O[C@@H]2c2ccc(Br)cc2)cc1. The zero-order valence-electron chi connectivity index (χ0n) is 14.4. The minimum absolute atomic E-state index is 0.0834. The molecule has 0 bridgehead atoms. The molecular formula is C22H19BrO2Se. The van der Waals surface area contributed by atoms with Gasteiger partial charge in [-0.3, -0.25) is 0 Å². The van der Waals surface area contributed by atoms with E-state index in [-0.39, 0.29) is 6.10 Å². The number of fused-ring (bicyclic) bond motifs is 1. The van der Waals surface area contributed by atoms with Gasteiger partial charge < -0.3 is 0 Å². The molecule has 0 saturated carbocycles. The fourth-order valence-electron chi connectivity index (χ4n) is 3.19. The van der Waals surface area contributed by atoms with Crippen molar-refractivity contribution in [3.8, 4) is 11.5 Å². The third kappa shape index (κ3) is 3.83. The van der Waals surface area contributed by atoms with Crippen LogP contribution >= 0.6 is 15.9 Å². The Morgan fingerprint density at radius 2 is 1.69 bits per heavy atom.